The molecule has 140 valence electrons. The highest BCUT2D eigenvalue weighted by Gasteiger charge is 2.35. The van der Waals surface area contributed by atoms with E-state index in [1.54, 1.807) is 0 Å². The highest BCUT2D eigenvalue weighted by Crippen LogP contribution is 2.36. The number of fused-ring (bicyclic) bond motifs is 2. The molecule has 0 aliphatic carbocycles. The van der Waals surface area contributed by atoms with Gasteiger partial charge in [-0.3, -0.25) is 4.79 Å². The van der Waals surface area contributed by atoms with Gasteiger partial charge in [0.05, 0.1) is 6.04 Å². The van der Waals surface area contributed by atoms with Gasteiger partial charge in [0.15, 0.2) is 0 Å². The van der Waals surface area contributed by atoms with Gasteiger partial charge in [-0.25, -0.2) is 0 Å². The van der Waals surface area contributed by atoms with E-state index in [-0.39, 0.29) is 29.8 Å². The second kappa shape index (κ2) is 8.09. The van der Waals surface area contributed by atoms with Crippen LogP contribution in [0.3, 0.4) is 0 Å². The summed E-state index contributed by atoms with van der Waals surface area (Å²) >= 11 is 0. The molecule has 2 aliphatic heterocycles. The van der Waals surface area contributed by atoms with E-state index in [0.717, 1.165) is 12.8 Å². The Kier molecular flexibility index (Phi) is 6.56. The SMILES string of the molecule is Cc1ccccc1C(NC(=O)CC1CC2CCC(C1)N2)C(C)(C)C.Cl. The highest BCUT2D eigenvalue weighted by molar-refractivity contribution is 5.85. The number of hydrogen-bond donors (Lipinski definition) is 2. The first kappa shape index (κ1) is 20.3. The molecule has 0 saturated carbocycles. The fourth-order valence-electron chi connectivity index (χ4n) is 4.50. The van der Waals surface area contributed by atoms with Crippen LogP contribution in [-0.2, 0) is 4.79 Å². The molecule has 1 amide bonds. The van der Waals surface area contributed by atoms with Crippen molar-refractivity contribution in [3.05, 3.63) is 35.4 Å². The lowest BCUT2D eigenvalue weighted by Crippen LogP contribution is -2.41. The van der Waals surface area contributed by atoms with Crippen LogP contribution in [0.25, 0.3) is 0 Å². The first-order valence-corrected chi connectivity index (χ1v) is 9.44. The summed E-state index contributed by atoms with van der Waals surface area (Å²) in [6.07, 6.45) is 5.57. The van der Waals surface area contributed by atoms with E-state index in [4.69, 9.17) is 0 Å². The van der Waals surface area contributed by atoms with Gasteiger partial charge >= 0.3 is 0 Å². The van der Waals surface area contributed by atoms with Crippen LogP contribution in [0.4, 0.5) is 0 Å². The van der Waals surface area contributed by atoms with Crippen LogP contribution in [0.15, 0.2) is 24.3 Å². The molecule has 2 fully saturated rings. The summed E-state index contributed by atoms with van der Waals surface area (Å²) in [6.45, 7) is 8.74. The molecule has 3 atom stereocenters. The zero-order chi connectivity index (χ0) is 17.3. The van der Waals surface area contributed by atoms with E-state index < -0.39 is 0 Å². The zero-order valence-electron chi connectivity index (χ0n) is 16.0. The smallest absolute Gasteiger partial charge is 0.220 e. The third-order valence-corrected chi connectivity index (χ3v) is 5.72. The van der Waals surface area contributed by atoms with Gasteiger partial charge < -0.3 is 10.6 Å². The normalized spacial score (nSPS) is 26.6. The Bertz CT molecular complexity index is 584. The molecule has 1 aromatic carbocycles. The van der Waals surface area contributed by atoms with Crippen molar-refractivity contribution in [1.29, 1.82) is 0 Å². The van der Waals surface area contributed by atoms with Gasteiger partial charge in [-0.1, -0.05) is 45.0 Å². The number of carbonyl (C=O) groups excluding carboxylic acids is 1. The fourth-order valence-corrected chi connectivity index (χ4v) is 4.50. The number of hydrogen-bond acceptors (Lipinski definition) is 2. The average Bonchev–Trinajstić information content (AvgIpc) is 2.83. The molecule has 0 spiro atoms. The van der Waals surface area contributed by atoms with Crippen molar-refractivity contribution < 1.29 is 4.79 Å². The Morgan fingerprint density at radius 2 is 1.80 bits per heavy atom. The maximum Gasteiger partial charge on any atom is 0.220 e. The largest absolute Gasteiger partial charge is 0.349 e. The minimum Gasteiger partial charge on any atom is -0.349 e. The van der Waals surface area contributed by atoms with Crippen molar-refractivity contribution in [2.75, 3.05) is 0 Å². The Labute approximate surface area is 158 Å². The molecule has 2 N–H and O–H groups in total. The van der Waals surface area contributed by atoms with Gasteiger partial charge in [-0.05, 0) is 55.1 Å². The standard InChI is InChI=1S/C21H32N2O.ClH/c1-14-7-5-6-8-18(14)20(21(2,3)4)23-19(24)13-15-11-16-9-10-17(12-15)22-16;/h5-8,15-17,20,22H,9-13H2,1-4H3,(H,23,24);1H. The number of amides is 1. The maximum absolute atomic E-state index is 12.8. The van der Waals surface area contributed by atoms with Gasteiger partial charge in [-0.15, -0.1) is 12.4 Å². The number of piperidine rings is 1. The van der Waals surface area contributed by atoms with Crippen LogP contribution in [0, 0.1) is 18.3 Å². The number of rotatable bonds is 4. The summed E-state index contributed by atoms with van der Waals surface area (Å²) in [4.78, 5) is 12.8. The molecule has 2 aliphatic rings. The summed E-state index contributed by atoms with van der Waals surface area (Å²) in [5.41, 5.74) is 2.48. The summed E-state index contributed by atoms with van der Waals surface area (Å²) in [7, 11) is 0. The van der Waals surface area contributed by atoms with Crippen molar-refractivity contribution in [3.63, 3.8) is 0 Å². The summed E-state index contributed by atoms with van der Waals surface area (Å²) < 4.78 is 0. The molecule has 2 bridgehead atoms. The number of aryl methyl sites for hydroxylation is 1. The number of halogens is 1. The lowest BCUT2D eigenvalue weighted by atomic mass is 9.80. The monoisotopic (exact) mass is 364 g/mol. The molecule has 3 nitrogen and oxygen atoms in total. The fraction of sp³-hybridized carbons (Fsp3) is 0.667. The molecule has 4 heteroatoms. The minimum atomic E-state index is -0.00504. The number of nitrogens with one attached hydrogen (secondary N) is 2. The van der Waals surface area contributed by atoms with Crippen molar-refractivity contribution in [2.45, 2.75) is 77.9 Å². The lowest BCUT2D eigenvalue weighted by molar-refractivity contribution is -0.123. The minimum absolute atomic E-state index is 0. The first-order valence-electron chi connectivity index (χ1n) is 9.44. The molecule has 3 unspecified atom stereocenters. The molecular weight excluding hydrogens is 332 g/mol. The van der Waals surface area contributed by atoms with Crippen molar-refractivity contribution in [1.82, 2.24) is 10.6 Å². The third-order valence-electron chi connectivity index (χ3n) is 5.72. The van der Waals surface area contributed by atoms with E-state index in [1.807, 2.05) is 0 Å². The van der Waals surface area contributed by atoms with E-state index in [2.05, 4.69) is 62.6 Å². The van der Waals surface area contributed by atoms with Crippen molar-refractivity contribution in [3.8, 4) is 0 Å². The maximum atomic E-state index is 12.8. The van der Waals surface area contributed by atoms with Gasteiger partial charge in [0.1, 0.15) is 0 Å². The molecule has 3 rings (SSSR count). The van der Waals surface area contributed by atoms with Crippen LogP contribution < -0.4 is 10.6 Å². The summed E-state index contributed by atoms with van der Waals surface area (Å²) in [5.74, 6) is 0.755. The van der Waals surface area contributed by atoms with Crippen molar-refractivity contribution >= 4 is 18.3 Å². The number of carbonyl (C=O) groups is 1. The average molecular weight is 365 g/mol. The summed E-state index contributed by atoms with van der Waals surface area (Å²) in [5, 5.41) is 7.01. The van der Waals surface area contributed by atoms with Crippen LogP contribution in [0.5, 0.6) is 0 Å². The van der Waals surface area contributed by atoms with Gasteiger partial charge in [0.2, 0.25) is 5.91 Å². The van der Waals surface area contributed by atoms with E-state index in [0.29, 0.717) is 24.4 Å². The quantitative estimate of drug-likeness (QED) is 0.823. The first-order chi connectivity index (χ1) is 11.3. The predicted molar refractivity (Wildman–Crippen MR) is 106 cm³/mol. The molecular formula is C21H33ClN2O. The molecule has 25 heavy (non-hydrogen) atoms. The lowest BCUT2D eigenvalue weighted by Gasteiger charge is -2.34. The van der Waals surface area contributed by atoms with E-state index in [9.17, 15) is 4.79 Å². The van der Waals surface area contributed by atoms with Gasteiger partial charge in [-0.2, -0.15) is 0 Å². The Morgan fingerprint density at radius 1 is 1.20 bits per heavy atom. The predicted octanol–water partition coefficient (Wildman–Crippen LogP) is 4.54. The molecule has 0 aromatic heterocycles. The van der Waals surface area contributed by atoms with Crippen LogP contribution >= 0.6 is 12.4 Å². The highest BCUT2D eigenvalue weighted by atomic mass is 35.5. The van der Waals surface area contributed by atoms with Crippen LogP contribution in [0.2, 0.25) is 0 Å². The second-order valence-corrected chi connectivity index (χ2v) is 8.90. The summed E-state index contributed by atoms with van der Waals surface area (Å²) in [6, 6.07) is 9.77. The van der Waals surface area contributed by atoms with Gasteiger partial charge in [0.25, 0.3) is 0 Å². The zero-order valence-corrected chi connectivity index (χ0v) is 16.8. The number of benzene rings is 1. The molecule has 0 radical (unpaired) electrons. The van der Waals surface area contributed by atoms with Gasteiger partial charge in [0, 0.05) is 18.5 Å². The van der Waals surface area contributed by atoms with E-state index >= 15 is 0 Å². The molecule has 1 aromatic rings. The Hall–Kier alpha value is -1.06. The Balaban J connectivity index is 0.00000225. The second-order valence-electron chi connectivity index (χ2n) is 8.90. The van der Waals surface area contributed by atoms with Crippen molar-refractivity contribution in [2.24, 2.45) is 11.3 Å². The molecule has 2 saturated heterocycles. The topological polar surface area (TPSA) is 41.1 Å². The molecule has 2 heterocycles. The van der Waals surface area contributed by atoms with Crippen LogP contribution in [0.1, 0.15) is 70.0 Å². The van der Waals surface area contributed by atoms with E-state index in [1.165, 1.54) is 24.0 Å². The van der Waals surface area contributed by atoms with Crippen LogP contribution in [-0.4, -0.2) is 18.0 Å². The third kappa shape index (κ3) is 4.98. The Morgan fingerprint density at radius 3 is 2.36 bits per heavy atom.